The van der Waals surface area contributed by atoms with Gasteiger partial charge in [-0.1, -0.05) is 50.6 Å². The zero-order chi connectivity index (χ0) is 17.5. The summed E-state index contributed by atoms with van der Waals surface area (Å²) in [5, 5.41) is 16.4. The summed E-state index contributed by atoms with van der Waals surface area (Å²) < 4.78 is 1.14. The van der Waals surface area contributed by atoms with Crippen LogP contribution >= 0.6 is 0 Å². The minimum absolute atomic E-state index is 0.132. The fraction of sp³-hybridized carbons (Fsp3) is 0.389. The predicted octanol–water partition coefficient (Wildman–Crippen LogP) is 1.43. The highest BCUT2D eigenvalue weighted by atomic mass is 16.3. The third-order valence-corrected chi connectivity index (χ3v) is 4.10. The van der Waals surface area contributed by atoms with Crippen molar-refractivity contribution in [2.24, 2.45) is 5.92 Å². The van der Waals surface area contributed by atoms with Gasteiger partial charge in [0.15, 0.2) is 0 Å². The molecule has 6 heteroatoms. The Hall–Kier alpha value is -2.47. The molecule has 1 aromatic heterocycles. The molecule has 1 aromatic carbocycles. The quantitative estimate of drug-likeness (QED) is 0.805. The number of aliphatic hydroxyl groups excluding tert-OH is 1. The Kier molecular flexibility index (Phi) is 6.26. The Morgan fingerprint density at radius 2 is 1.96 bits per heavy atom. The van der Waals surface area contributed by atoms with Crippen LogP contribution < -0.4 is 10.9 Å². The van der Waals surface area contributed by atoms with E-state index >= 15 is 0 Å². The topological polar surface area (TPSA) is 84.2 Å². The van der Waals surface area contributed by atoms with Gasteiger partial charge in [-0.25, -0.2) is 4.68 Å². The molecule has 24 heavy (non-hydrogen) atoms. The molecule has 0 radical (unpaired) electrons. The normalized spacial score (nSPS) is 13.3. The summed E-state index contributed by atoms with van der Waals surface area (Å²) in [5.41, 5.74) is 1.16. The van der Waals surface area contributed by atoms with Crippen molar-refractivity contribution < 1.29 is 9.90 Å². The van der Waals surface area contributed by atoms with Gasteiger partial charge in [-0.15, -0.1) is 0 Å². The van der Waals surface area contributed by atoms with Crippen LogP contribution in [0, 0.1) is 5.92 Å². The van der Waals surface area contributed by atoms with Crippen LogP contribution in [0.2, 0.25) is 0 Å². The number of rotatable bonds is 7. The van der Waals surface area contributed by atoms with Gasteiger partial charge >= 0.3 is 0 Å². The maximum absolute atomic E-state index is 12.2. The first-order valence-electron chi connectivity index (χ1n) is 8.09. The highest BCUT2D eigenvalue weighted by Crippen LogP contribution is 2.14. The van der Waals surface area contributed by atoms with Gasteiger partial charge in [0.2, 0.25) is 5.91 Å². The number of aromatic nitrogens is 2. The fourth-order valence-electron chi connectivity index (χ4n) is 2.37. The van der Waals surface area contributed by atoms with Crippen LogP contribution in [0.5, 0.6) is 0 Å². The molecule has 1 heterocycles. The Labute approximate surface area is 141 Å². The Morgan fingerprint density at radius 1 is 1.25 bits per heavy atom. The zero-order valence-electron chi connectivity index (χ0n) is 14.0. The van der Waals surface area contributed by atoms with Crippen LogP contribution in [0.25, 0.3) is 11.3 Å². The third kappa shape index (κ3) is 4.52. The summed E-state index contributed by atoms with van der Waals surface area (Å²) in [6.07, 6.45) is 0.840. The van der Waals surface area contributed by atoms with Crippen molar-refractivity contribution in [2.75, 3.05) is 6.61 Å². The summed E-state index contributed by atoms with van der Waals surface area (Å²) in [5.74, 6) is -0.187. The predicted molar refractivity (Wildman–Crippen MR) is 92.4 cm³/mol. The maximum Gasteiger partial charge on any atom is 0.267 e. The SMILES string of the molecule is CCC(C)C(CO)NC(=O)Cn1nc(-c2ccccc2)ccc1=O. The average Bonchev–Trinajstić information content (AvgIpc) is 2.61. The van der Waals surface area contributed by atoms with E-state index in [2.05, 4.69) is 10.4 Å². The van der Waals surface area contributed by atoms with E-state index in [1.807, 2.05) is 44.2 Å². The van der Waals surface area contributed by atoms with E-state index in [1.165, 1.54) is 6.07 Å². The van der Waals surface area contributed by atoms with Gasteiger partial charge in [0.25, 0.3) is 5.56 Å². The van der Waals surface area contributed by atoms with E-state index < -0.39 is 0 Å². The number of benzene rings is 1. The molecular weight excluding hydrogens is 306 g/mol. The van der Waals surface area contributed by atoms with Crippen molar-refractivity contribution in [3.63, 3.8) is 0 Å². The van der Waals surface area contributed by atoms with Crippen LogP contribution in [0.3, 0.4) is 0 Å². The fourth-order valence-corrected chi connectivity index (χ4v) is 2.37. The zero-order valence-corrected chi connectivity index (χ0v) is 14.0. The van der Waals surface area contributed by atoms with Gasteiger partial charge in [-0.2, -0.15) is 5.10 Å². The lowest BCUT2D eigenvalue weighted by atomic mass is 10.00. The maximum atomic E-state index is 12.2. The highest BCUT2D eigenvalue weighted by Gasteiger charge is 2.18. The van der Waals surface area contributed by atoms with E-state index in [-0.39, 0.29) is 36.6 Å². The first-order chi connectivity index (χ1) is 11.5. The van der Waals surface area contributed by atoms with Gasteiger partial charge < -0.3 is 10.4 Å². The van der Waals surface area contributed by atoms with E-state index in [1.54, 1.807) is 6.07 Å². The lowest BCUT2D eigenvalue weighted by Crippen LogP contribution is -2.44. The molecule has 0 spiro atoms. The first-order valence-corrected chi connectivity index (χ1v) is 8.09. The number of carbonyl (C=O) groups excluding carboxylic acids is 1. The molecule has 0 fully saturated rings. The number of carbonyl (C=O) groups is 1. The molecule has 2 atom stereocenters. The number of amides is 1. The van der Waals surface area contributed by atoms with Crippen LogP contribution in [0.1, 0.15) is 20.3 Å². The molecule has 0 bridgehead atoms. The number of hydrogen-bond acceptors (Lipinski definition) is 4. The second-order valence-electron chi connectivity index (χ2n) is 5.82. The van der Waals surface area contributed by atoms with Crippen molar-refractivity contribution in [1.82, 2.24) is 15.1 Å². The van der Waals surface area contributed by atoms with Gasteiger partial charge in [0.1, 0.15) is 6.54 Å². The van der Waals surface area contributed by atoms with E-state index in [0.717, 1.165) is 16.7 Å². The first kappa shape index (κ1) is 17.9. The highest BCUT2D eigenvalue weighted by molar-refractivity contribution is 5.76. The van der Waals surface area contributed by atoms with Crippen molar-refractivity contribution >= 4 is 5.91 Å². The second-order valence-corrected chi connectivity index (χ2v) is 5.82. The molecular formula is C18H23N3O3. The third-order valence-electron chi connectivity index (χ3n) is 4.10. The Morgan fingerprint density at radius 3 is 2.58 bits per heavy atom. The summed E-state index contributed by atoms with van der Waals surface area (Å²) in [6.45, 7) is 3.65. The number of nitrogens with one attached hydrogen (secondary N) is 1. The number of nitrogens with zero attached hydrogens (tertiary/aromatic N) is 2. The molecule has 1 amide bonds. The van der Waals surface area contributed by atoms with Gasteiger partial charge in [-0.3, -0.25) is 9.59 Å². The molecule has 128 valence electrons. The Balaban J connectivity index is 2.14. The second kappa shape index (κ2) is 8.40. The molecule has 0 saturated heterocycles. The largest absolute Gasteiger partial charge is 0.394 e. The Bertz CT molecular complexity index is 728. The molecule has 2 rings (SSSR count). The molecule has 2 N–H and O–H groups in total. The molecule has 0 aliphatic heterocycles. The monoisotopic (exact) mass is 329 g/mol. The molecule has 2 aromatic rings. The lowest BCUT2D eigenvalue weighted by Gasteiger charge is -2.22. The van der Waals surface area contributed by atoms with E-state index in [4.69, 9.17) is 0 Å². The van der Waals surface area contributed by atoms with Crippen LogP contribution in [0.15, 0.2) is 47.3 Å². The van der Waals surface area contributed by atoms with Crippen molar-refractivity contribution in [1.29, 1.82) is 0 Å². The lowest BCUT2D eigenvalue weighted by molar-refractivity contribution is -0.123. The smallest absolute Gasteiger partial charge is 0.267 e. The minimum Gasteiger partial charge on any atom is -0.394 e. The summed E-state index contributed by atoms with van der Waals surface area (Å²) in [6, 6.07) is 12.2. The van der Waals surface area contributed by atoms with Crippen LogP contribution in [0.4, 0.5) is 0 Å². The van der Waals surface area contributed by atoms with Gasteiger partial charge in [-0.05, 0) is 12.0 Å². The van der Waals surface area contributed by atoms with Gasteiger partial charge in [0, 0.05) is 11.6 Å². The minimum atomic E-state index is -0.339. The van der Waals surface area contributed by atoms with Gasteiger partial charge in [0.05, 0.1) is 18.3 Å². The van der Waals surface area contributed by atoms with E-state index in [9.17, 15) is 14.7 Å². The molecule has 0 saturated carbocycles. The summed E-state index contributed by atoms with van der Waals surface area (Å²) in [4.78, 5) is 24.1. The van der Waals surface area contributed by atoms with Crippen LogP contribution in [-0.4, -0.2) is 33.4 Å². The van der Waals surface area contributed by atoms with Crippen LogP contribution in [-0.2, 0) is 11.3 Å². The average molecular weight is 329 g/mol. The van der Waals surface area contributed by atoms with E-state index in [0.29, 0.717) is 5.69 Å². The van der Waals surface area contributed by atoms with Crippen molar-refractivity contribution in [3.8, 4) is 11.3 Å². The number of aliphatic hydroxyl groups is 1. The molecule has 0 aliphatic rings. The standard InChI is InChI=1S/C18H23N3O3/c1-3-13(2)16(12-22)19-17(23)11-21-18(24)10-9-15(20-21)14-7-5-4-6-8-14/h4-10,13,16,22H,3,11-12H2,1-2H3,(H,19,23). The van der Waals surface area contributed by atoms with Crippen molar-refractivity contribution in [2.45, 2.75) is 32.9 Å². The number of hydrogen-bond donors (Lipinski definition) is 2. The summed E-state index contributed by atoms with van der Waals surface area (Å²) in [7, 11) is 0. The molecule has 0 aliphatic carbocycles. The van der Waals surface area contributed by atoms with Crippen molar-refractivity contribution in [3.05, 3.63) is 52.8 Å². The molecule has 6 nitrogen and oxygen atoms in total. The summed E-state index contributed by atoms with van der Waals surface area (Å²) >= 11 is 0. The molecule has 2 unspecified atom stereocenters.